The average Bonchev–Trinajstić information content (AvgIpc) is 2.60. The largest absolute Gasteiger partial charge is 0.496 e. The highest BCUT2D eigenvalue weighted by molar-refractivity contribution is 9.10. The number of ether oxygens (including phenoxy) is 2. The monoisotopic (exact) mass is 409 g/mol. The maximum Gasteiger partial charge on any atom is 0.230 e. The van der Waals surface area contributed by atoms with Crippen molar-refractivity contribution in [3.8, 4) is 11.5 Å². The van der Waals surface area contributed by atoms with E-state index in [1.165, 1.54) is 0 Å². The van der Waals surface area contributed by atoms with Gasteiger partial charge in [0.25, 0.3) is 0 Å². The summed E-state index contributed by atoms with van der Waals surface area (Å²) in [4.78, 5) is 12.0. The quantitative estimate of drug-likeness (QED) is 0.714. The van der Waals surface area contributed by atoms with Gasteiger partial charge in [-0.3, -0.25) is 4.79 Å². The first-order valence-electron chi connectivity index (χ1n) is 7.42. The Kier molecular flexibility index (Phi) is 7.46. The number of methoxy groups -OCH3 is 2. The van der Waals surface area contributed by atoms with E-state index in [4.69, 9.17) is 9.47 Å². The summed E-state index contributed by atoms with van der Waals surface area (Å²) in [6.07, 6.45) is 0. The zero-order valence-electron chi connectivity index (χ0n) is 13.7. The summed E-state index contributed by atoms with van der Waals surface area (Å²) in [5.74, 6) is 2.79. The van der Waals surface area contributed by atoms with Gasteiger partial charge in [-0.05, 0) is 39.7 Å². The smallest absolute Gasteiger partial charge is 0.230 e. The molecule has 1 amide bonds. The van der Waals surface area contributed by atoms with Gasteiger partial charge in [0.05, 0.1) is 24.4 Å². The lowest BCUT2D eigenvalue weighted by Crippen LogP contribution is -2.24. The molecule has 24 heavy (non-hydrogen) atoms. The number of rotatable bonds is 8. The fraction of sp³-hybridized carbons (Fsp3) is 0.278. The van der Waals surface area contributed by atoms with E-state index in [0.29, 0.717) is 12.3 Å². The maximum atomic E-state index is 12.0. The molecule has 0 aliphatic rings. The summed E-state index contributed by atoms with van der Waals surface area (Å²) in [6.45, 7) is 0.470. The van der Waals surface area contributed by atoms with Crippen molar-refractivity contribution in [3.63, 3.8) is 0 Å². The number of nitrogens with one attached hydrogen (secondary N) is 1. The van der Waals surface area contributed by atoms with Gasteiger partial charge in [0.1, 0.15) is 11.5 Å². The third kappa shape index (κ3) is 5.46. The molecule has 128 valence electrons. The van der Waals surface area contributed by atoms with Crippen LogP contribution < -0.4 is 14.8 Å². The van der Waals surface area contributed by atoms with Gasteiger partial charge >= 0.3 is 0 Å². The SMILES string of the molecule is COc1ccc(CSCC(=O)NCc2ccccc2OC)cc1Br. The molecule has 2 aromatic carbocycles. The summed E-state index contributed by atoms with van der Waals surface area (Å²) < 4.78 is 11.4. The minimum absolute atomic E-state index is 0.0125. The number of amides is 1. The molecule has 6 heteroatoms. The molecule has 1 N–H and O–H groups in total. The van der Waals surface area contributed by atoms with Gasteiger partial charge in [0, 0.05) is 17.9 Å². The van der Waals surface area contributed by atoms with Gasteiger partial charge in [-0.15, -0.1) is 11.8 Å². The molecule has 2 rings (SSSR count). The molecule has 0 fully saturated rings. The molecule has 0 aromatic heterocycles. The molecule has 0 heterocycles. The topological polar surface area (TPSA) is 47.6 Å². The van der Waals surface area contributed by atoms with Gasteiger partial charge in [0.2, 0.25) is 5.91 Å². The van der Waals surface area contributed by atoms with Crippen molar-refractivity contribution < 1.29 is 14.3 Å². The number of hydrogen-bond acceptors (Lipinski definition) is 4. The predicted molar refractivity (Wildman–Crippen MR) is 102 cm³/mol. The molecular weight excluding hydrogens is 390 g/mol. The van der Waals surface area contributed by atoms with Crippen LogP contribution in [0.25, 0.3) is 0 Å². The molecule has 4 nitrogen and oxygen atoms in total. The minimum atomic E-state index is 0.0125. The van der Waals surface area contributed by atoms with Crippen molar-refractivity contribution >= 4 is 33.6 Å². The fourth-order valence-electron chi connectivity index (χ4n) is 2.16. The molecule has 0 radical (unpaired) electrons. The number of thioether (sulfide) groups is 1. The zero-order chi connectivity index (χ0) is 17.4. The Labute approximate surface area is 155 Å². The second kappa shape index (κ2) is 9.59. The Hall–Kier alpha value is -1.66. The van der Waals surface area contributed by atoms with Crippen molar-refractivity contribution in [3.05, 3.63) is 58.1 Å². The first-order valence-corrected chi connectivity index (χ1v) is 9.37. The van der Waals surface area contributed by atoms with E-state index in [-0.39, 0.29) is 5.91 Å². The molecule has 0 aliphatic heterocycles. The maximum absolute atomic E-state index is 12.0. The lowest BCUT2D eigenvalue weighted by molar-refractivity contribution is -0.118. The van der Waals surface area contributed by atoms with Crippen LogP contribution in [0.2, 0.25) is 0 Å². The first kappa shape index (κ1) is 18.7. The lowest BCUT2D eigenvalue weighted by Gasteiger charge is -2.10. The van der Waals surface area contributed by atoms with Gasteiger partial charge in [-0.1, -0.05) is 24.3 Å². The summed E-state index contributed by atoms with van der Waals surface area (Å²) in [5.41, 5.74) is 2.11. The Balaban J connectivity index is 1.76. The van der Waals surface area contributed by atoms with Crippen LogP contribution in [0.15, 0.2) is 46.9 Å². The molecule has 0 saturated heterocycles. The molecule has 0 spiro atoms. The Bertz CT molecular complexity index is 694. The predicted octanol–water partition coefficient (Wildman–Crippen LogP) is 4.02. The molecular formula is C18H20BrNO3S. The third-order valence-electron chi connectivity index (χ3n) is 3.39. The third-order valence-corrected chi connectivity index (χ3v) is 5.01. The van der Waals surface area contributed by atoms with Gasteiger partial charge in [-0.25, -0.2) is 0 Å². The number of carbonyl (C=O) groups is 1. The van der Waals surface area contributed by atoms with Gasteiger partial charge in [-0.2, -0.15) is 0 Å². The van der Waals surface area contributed by atoms with Crippen LogP contribution in [0.3, 0.4) is 0 Å². The number of hydrogen-bond donors (Lipinski definition) is 1. The second-order valence-electron chi connectivity index (χ2n) is 5.05. The fourth-order valence-corrected chi connectivity index (χ4v) is 3.55. The highest BCUT2D eigenvalue weighted by Gasteiger charge is 2.06. The average molecular weight is 410 g/mol. The summed E-state index contributed by atoms with van der Waals surface area (Å²) in [7, 11) is 3.27. The van der Waals surface area contributed by atoms with E-state index in [9.17, 15) is 4.79 Å². The molecule has 0 atom stereocenters. The van der Waals surface area contributed by atoms with Gasteiger partial charge < -0.3 is 14.8 Å². The van der Waals surface area contributed by atoms with Crippen molar-refractivity contribution in [1.29, 1.82) is 0 Å². The van der Waals surface area contributed by atoms with E-state index < -0.39 is 0 Å². The lowest BCUT2D eigenvalue weighted by atomic mass is 10.2. The summed E-state index contributed by atoms with van der Waals surface area (Å²) in [5, 5.41) is 2.92. The first-order chi connectivity index (χ1) is 11.6. The minimum Gasteiger partial charge on any atom is -0.496 e. The number of carbonyl (C=O) groups excluding carboxylic acids is 1. The molecule has 0 bridgehead atoms. The van der Waals surface area contributed by atoms with Crippen LogP contribution in [0.1, 0.15) is 11.1 Å². The second-order valence-corrected chi connectivity index (χ2v) is 6.89. The molecule has 0 saturated carbocycles. The van der Waals surface area contributed by atoms with E-state index in [0.717, 1.165) is 32.9 Å². The standard InChI is InChI=1S/C18H20BrNO3S/c1-22-16-6-4-3-5-14(16)10-20-18(21)12-24-11-13-7-8-17(23-2)15(19)9-13/h3-9H,10-12H2,1-2H3,(H,20,21). The van der Waals surface area contributed by atoms with Crippen molar-refractivity contribution in [2.45, 2.75) is 12.3 Å². The van der Waals surface area contributed by atoms with Crippen LogP contribution in [0.4, 0.5) is 0 Å². The normalized spacial score (nSPS) is 10.3. The van der Waals surface area contributed by atoms with Crippen LogP contribution in [0.5, 0.6) is 11.5 Å². The Morgan fingerprint density at radius 2 is 1.88 bits per heavy atom. The highest BCUT2D eigenvalue weighted by Crippen LogP contribution is 2.27. The van der Waals surface area contributed by atoms with Crippen LogP contribution in [-0.2, 0) is 17.1 Å². The highest BCUT2D eigenvalue weighted by atomic mass is 79.9. The number of para-hydroxylation sites is 1. The number of benzene rings is 2. The summed E-state index contributed by atoms with van der Waals surface area (Å²) in [6, 6.07) is 13.6. The molecule has 0 aliphatic carbocycles. The Morgan fingerprint density at radius 1 is 1.12 bits per heavy atom. The van der Waals surface area contributed by atoms with Crippen LogP contribution in [-0.4, -0.2) is 25.9 Å². The van der Waals surface area contributed by atoms with Crippen LogP contribution in [0, 0.1) is 0 Å². The van der Waals surface area contributed by atoms with Gasteiger partial charge in [0.15, 0.2) is 0 Å². The van der Waals surface area contributed by atoms with E-state index in [1.807, 2.05) is 42.5 Å². The molecule has 2 aromatic rings. The van der Waals surface area contributed by atoms with E-state index in [1.54, 1.807) is 26.0 Å². The van der Waals surface area contributed by atoms with E-state index >= 15 is 0 Å². The van der Waals surface area contributed by atoms with Crippen LogP contribution >= 0.6 is 27.7 Å². The molecule has 0 unspecified atom stereocenters. The van der Waals surface area contributed by atoms with Crippen molar-refractivity contribution in [1.82, 2.24) is 5.32 Å². The number of halogens is 1. The summed E-state index contributed by atoms with van der Waals surface area (Å²) >= 11 is 5.04. The van der Waals surface area contributed by atoms with E-state index in [2.05, 4.69) is 21.2 Å². The Morgan fingerprint density at radius 3 is 2.58 bits per heavy atom. The van der Waals surface area contributed by atoms with Crippen molar-refractivity contribution in [2.24, 2.45) is 0 Å². The zero-order valence-corrected chi connectivity index (χ0v) is 16.1. The van der Waals surface area contributed by atoms with Crippen molar-refractivity contribution in [2.75, 3.05) is 20.0 Å².